The Morgan fingerprint density at radius 1 is 1.11 bits per heavy atom. The molecule has 10 nitrogen and oxygen atoms in total. The lowest BCUT2D eigenvalue weighted by atomic mass is 9.91. The summed E-state index contributed by atoms with van der Waals surface area (Å²) in [5.74, 6) is 1.93. The molecule has 0 saturated heterocycles. The van der Waals surface area contributed by atoms with Gasteiger partial charge < -0.3 is 20.1 Å². The number of sulfone groups is 1. The molecule has 2 aromatic carbocycles. The van der Waals surface area contributed by atoms with Gasteiger partial charge in [0.05, 0.1) is 35.8 Å². The largest absolute Gasteiger partial charge is 0.497 e. The van der Waals surface area contributed by atoms with E-state index in [4.69, 9.17) is 9.47 Å². The Labute approximate surface area is 213 Å². The molecular formula is C26H25N5O5S. The smallest absolute Gasteiger partial charge is 0.235 e. The maximum Gasteiger partial charge on any atom is 0.235 e. The topological polar surface area (TPSA) is 135 Å². The van der Waals surface area contributed by atoms with Gasteiger partial charge in [0, 0.05) is 29.3 Å². The van der Waals surface area contributed by atoms with Crippen LogP contribution in [0.4, 0.5) is 17.3 Å². The standard InChI is InChI=1S/C26H25N5O5S/c1-4-37(33,34)16-11-22(36-3)24(27-13-16)29-23-17-7-5-14(9-21(17)30-31-23)19-12-26(19)18-10-15(35-2)6-8-20(18)28-25(26)32/h5-11,13,19H,4,12H2,1-3H3,(H,28,32)(H2,27,29,30,31)/t19?,26-/m0/s1. The summed E-state index contributed by atoms with van der Waals surface area (Å²) >= 11 is 0. The van der Waals surface area contributed by atoms with Crippen molar-refractivity contribution in [1.29, 1.82) is 0 Å². The summed E-state index contributed by atoms with van der Waals surface area (Å²) in [4.78, 5) is 17.4. The summed E-state index contributed by atoms with van der Waals surface area (Å²) in [6.07, 6.45) is 2.03. The molecule has 3 N–H and O–H groups in total. The van der Waals surface area contributed by atoms with Crippen LogP contribution in [0.3, 0.4) is 0 Å². The molecule has 1 saturated carbocycles. The van der Waals surface area contributed by atoms with Gasteiger partial charge in [0.1, 0.15) is 5.75 Å². The van der Waals surface area contributed by atoms with Crippen LogP contribution >= 0.6 is 0 Å². The molecule has 2 aromatic heterocycles. The molecule has 0 radical (unpaired) electrons. The summed E-state index contributed by atoms with van der Waals surface area (Å²) in [5, 5.41) is 14.4. The third kappa shape index (κ3) is 3.52. The van der Waals surface area contributed by atoms with Crippen LogP contribution in [0.2, 0.25) is 0 Å². The number of anilines is 3. The predicted octanol–water partition coefficient (Wildman–Crippen LogP) is 3.89. The van der Waals surface area contributed by atoms with Gasteiger partial charge in [-0.05, 0) is 47.9 Å². The number of hydrogen-bond donors (Lipinski definition) is 3. The monoisotopic (exact) mass is 519 g/mol. The molecule has 11 heteroatoms. The minimum absolute atomic E-state index is 0.0134. The van der Waals surface area contributed by atoms with Crippen molar-refractivity contribution in [3.05, 3.63) is 59.8 Å². The van der Waals surface area contributed by atoms with Gasteiger partial charge in [0.25, 0.3) is 0 Å². The van der Waals surface area contributed by atoms with Gasteiger partial charge in [-0.25, -0.2) is 13.4 Å². The average Bonchev–Trinajstić information content (AvgIpc) is 3.47. The number of ether oxygens (including phenoxy) is 2. The molecule has 1 unspecified atom stereocenters. The van der Waals surface area contributed by atoms with E-state index in [0.29, 0.717) is 17.4 Å². The highest BCUT2D eigenvalue weighted by molar-refractivity contribution is 7.91. The molecule has 6 rings (SSSR count). The van der Waals surface area contributed by atoms with Crippen LogP contribution in [0, 0.1) is 0 Å². The van der Waals surface area contributed by atoms with Gasteiger partial charge in [-0.1, -0.05) is 13.0 Å². The maximum absolute atomic E-state index is 13.0. The number of nitrogens with zero attached hydrogens (tertiary/aromatic N) is 2. The molecule has 1 amide bonds. The van der Waals surface area contributed by atoms with E-state index in [9.17, 15) is 13.2 Å². The SMILES string of the molecule is CCS(=O)(=O)c1cnc(Nc2n[nH]c3cc(C4C[C@@]45C(=O)Nc4ccc(OC)cc45)ccc23)c(OC)c1. The minimum Gasteiger partial charge on any atom is -0.497 e. The quantitative estimate of drug-likeness (QED) is 0.335. The van der Waals surface area contributed by atoms with E-state index in [1.54, 1.807) is 14.0 Å². The molecule has 37 heavy (non-hydrogen) atoms. The molecule has 1 fully saturated rings. The van der Waals surface area contributed by atoms with Gasteiger partial charge in [0.2, 0.25) is 5.91 Å². The Hall–Kier alpha value is -4.12. The van der Waals surface area contributed by atoms with Crippen LogP contribution in [-0.2, 0) is 20.0 Å². The number of pyridine rings is 1. The Kier molecular flexibility index (Phi) is 5.16. The van der Waals surface area contributed by atoms with Gasteiger partial charge in [-0.2, -0.15) is 5.10 Å². The van der Waals surface area contributed by atoms with Crippen molar-refractivity contribution >= 4 is 44.0 Å². The zero-order chi connectivity index (χ0) is 25.9. The summed E-state index contributed by atoms with van der Waals surface area (Å²) in [5.41, 5.74) is 3.06. The van der Waals surface area contributed by atoms with Crippen LogP contribution in [0.1, 0.15) is 30.4 Å². The van der Waals surface area contributed by atoms with E-state index >= 15 is 0 Å². The van der Waals surface area contributed by atoms with E-state index in [-0.39, 0.29) is 22.5 Å². The second-order valence-electron chi connectivity index (χ2n) is 9.22. The van der Waals surface area contributed by atoms with E-state index in [2.05, 4.69) is 25.8 Å². The molecular weight excluding hydrogens is 494 g/mol. The fourth-order valence-corrected chi connectivity index (χ4v) is 6.01. The maximum atomic E-state index is 13.0. The zero-order valence-electron chi connectivity index (χ0n) is 20.5. The number of amides is 1. The van der Waals surface area contributed by atoms with E-state index < -0.39 is 15.3 Å². The van der Waals surface area contributed by atoms with Crippen molar-refractivity contribution < 1.29 is 22.7 Å². The number of aromatic amines is 1. The first-order chi connectivity index (χ1) is 17.8. The number of nitrogens with one attached hydrogen (secondary N) is 3. The molecule has 3 heterocycles. The van der Waals surface area contributed by atoms with Crippen molar-refractivity contribution in [1.82, 2.24) is 15.2 Å². The highest BCUT2D eigenvalue weighted by Crippen LogP contribution is 2.65. The van der Waals surface area contributed by atoms with Gasteiger partial charge in [0.15, 0.2) is 27.2 Å². The van der Waals surface area contributed by atoms with Gasteiger partial charge in [-0.15, -0.1) is 0 Å². The van der Waals surface area contributed by atoms with Crippen LogP contribution in [-0.4, -0.2) is 49.5 Å². The molecule has 2 atom stereocenters. The third-order valence-corrected chi connectivity index (χ3v) is 9.04. The van der Waals surface area contributed by atoms with Crippen LogP contribution < -0.4 is 20.1 Å². The van der Waals surface area contributed by atoms with Crippen molar-refractivity contribution in [3.8, 4) is 11.5 Å². The number of benzene rings is 2. The van der Waals surface area contributed by atoms with Crippen molar-refractivity contribution in [2.45, 2.75) is 29.6 Å². The molecule has 190 valence electrons. The first-order valence-electron chi connectivity index (χ1n) is 11.8. The Morgan fingerprint density at radius 2 is 1.95 bits per heavy atom. The number of fused-ring (bicyclic) bond motifs is 3. The number of hydrogen-bond acceptors (Lipinski definition) is 8. The predicted molar refractivity (Wildman–Crippen MR) is 139 cm³/mol. The van der Waals surface area contributed by atoms with E-state index in [1.807, 2.05) is 36.4 Å². The zero-order valence-corrected chi connectivity index (χ0v) is 21.3. The Bertz CT molecular complexity index is 1680. The fraction of sp³-hybridized carbons (Fsp3) is 0.269. The number of H-pyrrole nitrogens is 1. The fourth-order valence-electron chi connectivity index (χ4n) is 5.17. The number of rotatable bonds is 7. The lowest BCUT2D eigenvalue weighted by Gasteiger charge is -2.11. The Balaban J connectivity index is 1.30. The van der Waals surface area contributed by atoms with E-state index in [0.717, 1.165) is 39.9 Å². The molecule has 1 aliphatic heterocycles. The second-order valence-corrected chi connectivity index (χ2v) is 11.5. The normalized spacial score (nSPS) is 20.1. The lowest BCUT2D eigenvalue weighted by Crippen LogP contribution is -2.21. The summed E-state index contributed by atoms with van der Waals surface area (Å²) < 4.78 is 35.2. The molecule has 2 aliphatic rings. The number of carbonyl (C=O) groups excluding carboxylic acids is 1. The van der Waals surface area contributed by atoms with Crippen molar-refractivity contribution in [2.24, 2.45) is 0 Å². The van der Waals surface area contributed by atoms with Crippen molar-refractivity contribution in [2.75, 3.05) is 30.6 Å². The average molecular weight is 520 g/mol. The van der Waals surface area contributed by atoms with Gasteiger partial charge >= 0.3 is 0 Å². The summed E-state index contributed by atoms with van der Waals surface area (Å²) in [6.45, 7) is 1.58. The number of carbonyl (C=O) groups is 1. The van der Waals surface area contributed by atoms with Gasteiger partial charge in [-0.3, -0.25) is 9.89 Å². The summed E-state index contributed by atoms with van der Waals surface area (Å²) in [6, 6.07) is 13.1. The molecule has 4 aromatic rings. The second kappa shape index (κ2) is 8.20. The molecule has 1 aliphatic carbocycles. The lowest BCUT2D eigenvalue weighted by molar-refractivity contribution is -0.118. The highest BCUT2D eigenvalue weighted by Gasteiger charge is 2.65. The number of aromatic nitrogens is 3. The first-order valence-corrected chi connectivity index (χ1v) is 13.5. The van der Waals surface area contributed by atoms with Crippen LogP contribution in [0.25, 0.3) is 10.9 Å². The van der Waals surface area contributed by atoms with Crippen LogP contribution in [0.15, 0.2) is 53.6 Å². The Morgan fingerprint density at radius 3 is 2.70 bits per heavy atom. The van der Waals surface area contributed by atoms with Crippen LogP contribution in [0.5, 0.6) is 11.5 Å². The molecule has 0 bridgehead atoms. The van der Waals surface area contributed by atoms with E-state index in [1.165, 1.54) is 19.4 Å². The summed E-state index contributed by atoms with van der Waals surface area (Å²) in [7, 11) is -0.340. The van der Waals surface area contributed by atoms with Crippen molar-refractivity contribution in [3.63, 3.8) is 0 Å². The molecule has 1 spiro atoms. The minimum atomic E-state index is -3.41. The first kappa shape index (κ1) is 23.3. The third-order valence-electron chi connectivity index (χ3n) is 7.33. The number of methoxy groups -OCH3 is 2. The highest BCUT2D eigenvalue weighted by atomic mass is 32.2.